The molecule has 0 aliphatic heterocycles. The van der Waals surface area contributed by atoms with Crippen LogP contribution in [0.1, 0.15) is 48.3 Å². The molecule has 0 unspecified atom stereocenters. The Balaban J connectivity index is 0.00000100. The van der Waals surface area contributed by atoms with E-state index in [1.165, 1.54) is 12.8 Å². The normalized spacial score (nSPS) is 12.8. The molecule has 0 bridgehead atoms. The van der Waals surface area contributed by atoms with Crippen LogP contribution in [0, 0.1) is 12.8 Å². The van der Waals surface area contributed by atoms with Crippen LogP contribution < -0.4 is 10.1 Å². The third-order valence-corrected chi connectivity index (χ3v) is 3.78. The van der Waals surface area contributed by atoms with E-state index in [0.29, 0.717) is 29.7 Å². The van der Waals surface area contributed by atoms with Crippen LogP contribution in [-0.2, 0) is 6.61 Å². The lowest BCUT2D eigenvalue weighted by molar-refractivity contribution is 0.0950. The molecular formula is C20H26N2O2. The summed E-state index contributed by atoms with van der Waals surface area (Å²) in [5, 5.41) is 2.96. The van der Waals surface area contributed by atoms with Gasteiger partial charge in [0.25, 0.3) is 5.91 Å². The SMILES string of the molecule is CC.Cc1nc(OCc2ccccc2)ccc1C(=O)NCC1CC1. The summed E-state index contributed by atoms with van der Waals surface area (Å²) in [4.78, 5) is 16.5. The molecule has 4 nitrogen and oxygen atoms in total. The van der Waals surface area contributed by atoms with Crippen LogP contribution in [0.4, 0.5) is 0 Å². The molecule has 1 amide bonds. The van der Waals surface area contributed by atoms with E-state index < -0.39 is 0 Å². The van der Waals surface area contributed by atoms with E-state index in [-0.39, 0.29) is 5.91 Å². The molecule has 1 N–H and O–H groups in total. The molecule has 2 aromatic rings. The number of aromatic nitrogens is 1. The molecule has 1 fully saturated rings. The Morgan fingerprint density at radius 1 is 1.17 bits per heavy atom. The molecule has 0 spiro atoms. The molecule has 24 heavy (non-hydrogen) atoms. The number of aryl methyl sites for hydroxylation is 1. The number of pyridine rings is 1. The Hall–Kier alpha value is -2.36. The minimum Gasteiger partial charge on any atom is -0.473 e. The highest BCUT2D eigenvalue weighted by Crippen LogP contribution is 2.27. The summed E-state index contributed by atoms with van der Waals surface area (Å²) in [6.45, 7) is 7.08. The summed E-state index contributed by atoms with van der Waals surface area (Å²) in [5.74, 6) is 1.16. The Bertz CT molecular complexity index is 652. The van der Waals surface area contributed by atoms with Crippen LogP contribution in [0.25, 0.3) is 0 Å². The zero-order chi connectivity index (χ0) is 17.4. The van der Waals surface area contributed by atoms with E-state index in [2.05, 4.69) is 10.3 Å². The largest absolute Gasteiger partial charge is 0.473 e. The molecule has 0 atom stereocenters. The first-order valence-electron chi connectivity index (χ1n) is 8.65. The van der Waals surface area contributed by atoms with Gasteiger partial charge >= 0.3 is 0 Å². The van der Waals surface area contributed by atoms with Gasteiger partial charge in [0.2, 0.25) is 5.88 Å². The van der Waals surface area contributed by atoms with Gasteiger partial charge in [-0.25, -0.2) is 4.98 Å². The maximum atomic E-state index is 12.1. The van der Waals surface area contributed by atoms with Gasteiger partial charge in [-0.3, -0.25) is 4.79 Å². The van der Waals surface area contributed by atoms with Crippen LogP contribution in [0.5, 0.6) is 5.88 Å². The first-order chi connectivity index (χ1) is 11.7. The maximum absolute atomic E-state index is 12.1. The molecule has 0 radical (unpaired) electrons. The molecule has 1 heterocycles. The van der Waals surface area contributed by atoms with Crippen LogP contribution >= 0.6 is 0 Å². The minimum atomic E-state index is -0.0495. The van der Waals surface area contributed by atoms with Crippen LogP contribution in [0.2, 0.25) is 0 Å². The highest BCUT2D eigenvalue weighted by molar-refractivity contribution is 5.95. The summed E-state index contributed by atoms with van der Waals surface area (Å²) in [6.07, 6.45) is 2.45. The molecule has 3 rings (SSSR count). The van der Waals surface area contributed by atoms with Crippen molar-refractivity contribution in [2.75, 3.05) is 6.54 Å². The molecule has 1 aromatic carbocycles. The average Bonchev–Trinajstić information content (AvgIpc) is 3.45. The van der Waals surface area contributed by atoms with Crippen molar-refractivity contribution in [3.63, 3.8) is 0 Å². The van der Waals surface area contributed by atoms with Crippen molar-refractivity contribution >= 4 is 5.91 Å². The van der Waals surface area contributed by atoms with Gasteiger partial charge < -0.3 is 10.1 Å². The van der Waals surface area contributed by atoms with Gasteiger partial charge in [-0.05, 0) is 37.3 Å². The second-order valence-corrected chi connectivity index (χ2v) is 5.71. The third-order valence-electron chi connectivity index (χ3n) is 3.78. The number of nitrogens with zero attached hydrogens (tertiary/aromatic N) is 1. The Labute approximate surface area is 144 Å². The van der Waals surface area contributed by atoms with Crippen LogP contribution in [0.3, 0.4) is 0 Å². The smallest absolute Gasteiger partial charge is 0.253 e. The number of carbonyl (C=O) groups is 1. The van der Waals surface area contributed by atoms with Crippen molar-refractivity contribution in [3.05, 3.63) is 59.3 Å². The Kier molecular flexibility index (Phi) is 6.79. The van der Waals surface area contributed by atoms with E-state index in [1.54, 1.807) is 12.1 Å². The van der Waals surface area contributed by atoms with E-state index in [4.69, 9.17) is 4.74 Å². The molecule has 1 aliphatic rings. The van der Waals surface area contributed by atoms with Gasteiger partial charge in [-0.1, -0.05) is 44.2 Å². The number of hydrogen-bond donors (Lipinski definition) is 1. The molecule has 1 saturated carbocycles. The lowest BCUT2D eigenvalue weighted by Crippen LogP contribution is -2.26. The highest BCUT2D eigenvalue weighted by Gasteiger charge is 2.22. The van der Waals surface area contributed by atoms with Crippen molar-refractivity contribution in [3.8, 4) is 5.88 Å². The minimum absolute atomic E-state index is 0.0495. The predicted molar refractivity (Wildman–Crippen MR) is 96.2 cm³/mol. The number of nitrogens with one attached hydrogen (secondary N) is 1. The fourth-order valence-corrected chi connectivity index (χ4v) is 2.24. The molecule has 128 valence electrons. The molecule has 1 aromatic heterocycles. The standard InChI is InChI=1S/C18H20N2O2.C2H6/c1-13-16(18(21)19-11-14-7-8-14)9-10-17(20-13)22-12-15-5-3-2-4-6-15;1-2/h2-6,9-10,14H,7-8,11-12H2,1H3,(H,19,21);1-2H3. The van der Waals surface area contributed by atoms with Crippen molar-refractivity contribution in [1.82, 2.24) is 10.3 Å². The van der Waals surface area contributed by atoms with E-state index in [1.807, 2.05) is 51.1 Å². The zero-order valence-corrected chi connectivity index (χ0v) is 14.7. The summed E-state index contributed by atoms with van der Waals surface area (Å²) >= 11 is 0. The predicted octanol–water partition coefficient (Wildman–Crippen LogP) is 4.14. The fraction of sp³-hybridized carbons (Fsp3) is 0.400. The topological polar surface area (TPSA) is 51.2 Å². The number of benzene rings is 1. The molecule has 0 saturated heterocycles. The molecule has 1 aliphatic carbocycles. The first-order valence-corrected chi connectivity index (χ1v) is 8.65. The van der Waals surface area contributed by atoms with E-state index in [9.17, 15) is 4.79 Å². The second kappa shape index (κ2) is 9.06. The zero-order valence-electron chi connectivity index (χ0n) is 14.7. The van der Waals surface area contributed by atoms with Gasteiger partial charge in [0.1, 0.15) is 6.61 Å². The van der Waals surface area contributed by atoms with Crippen molar-refractivity contribution in [2.24, 2.45) is 5.92 Å². The molecular weight excluding hydrogens is 300 g/mol. The third kappa shape index (κ3) is 5.37. The van der Waals surface area contributed by atoms with Crippen molar-refractivity contribution in [2.45, 2.75) is 40.2 Å². The van der Waals surface area contributed by atoms with Gasteiger partial charge in [0, 0.05) is 12.6 Å². The first kappa shape index (κ1) is 18.0. The van der Waals surface area contributed by atoms with Gasteiger partial charge in [-0.2, -0.15) is 0 Å². The number of carbonyl (C=O) groups excluding carboxylic acids is 1. The van der Waals surface area contributed by atoms with E-state index >= 15 is 0 Å². The summed E-state index contributed by atoms with van der Waals surface area (Å²) < 4.78 is 5.67. The monoisotopic (exact) mass is 326 g/mol. The summed E-state index contributed by atoms with van der Waals surface area (Å²) in [7, 11) is 0. The highest BCUT2D eigenvalue weighted by atomic mass is 16.5. The van der Waals surface area contributed by atoms with Crippen LogP contribution in [-0.4, -0.2) is 17.4 Å². The summed E-state index contributed by atoms with van der Waals surface area (Å²) in [5.41, 5.74) is 2.40. The van der Waals surface area contributed by atoms with Crippen molar-refractivity contribution < 1.29 is 9.53 Å². The fourth-order valence-electron chi connectivity index (χ4n) is 2.24. The number of amides is 1. The molecule has 4 heteroatoms. The average molecular weight is 326 g/mol. The summed E-state index contributed by atoms with van der Waals surface area (Å²) in [6, 6.07) is 13.5. The van der Waals surface area contributed by atoms with Crippen LogP contribution in [0.15, 0.2) is 42.5 Å². The number of ether oxygens (including phenoxy) is 1. The van der Waals surface area contributed by atoms with Gasteiger partial charge in [0.15, 0.2) is 0 Å². The van der Waals surface area contributed by atoms with Gasteiger partial charge in [0.05, 0.1) is 11.3 Å². The van der Waals surface area contributed by atoms with Crippen molar-refractivity contribution in [1.29, 1.82) is 0 Å². The number of hydrogen-bond acceptors (Lipinski definition) is 3. The quantitative estimate of drug-likeness (QED) is 0.868. The second-order valence-electron chi connectivity index (χ2n) is 5.71. The number of rotatable bonds is 6. The lowest BCUT2D eigenvalue weighted by Gasteiger charge is -2.09. The lowest BCUT2D eigenvalue weighted by atomic mass is 10.2. The maximum Gasteiger partial charge on any atom is 0.253 e. The van der Waals surface area contributed by atoms with E-state index in [0.717, 1.165) is 12.1 Å². The Morgan fingerprint density at radius 3 is 2.50 bits per heavy atom. The Morgan fingerprint density at radius 2 is 1.88 bits per heavy atom. The van der Waals surface area contributed by atoms with Gasteiger partial charge in [-0.15, -0.1) is 0 Å².